The van der Waals surface area contributed by atoms with Crippen LogP contribution in [0.3, 0.4) is 0 Å². The van der Waals surface area contributed by atoms with Crippen LogP contribution < -0.4 is 9.47 Å². The van der Waals surface area contributed by atoms with Gasteiger partial charge in [-0.2, -0.15) is 0 Å². The monoisotopic (exact) mass is 660 g/mol. The fraction of sp³-hybridized carbons (Fsp3) is 0.438. The molecule has 7 heteroatoms. The Morgan fingerprint density at radius 3 is 2.00 bits per heavy atom. The first-order chi connectivity index (χ1) is 18.4. The highest BCUT2D eigenvalue weighted by Gasteiger charge is 2.48. The lowest BCUT2D eigenvalue weighted by Gasteiger charge is -2.42. The van der Waals surface area contributed by atoms with Gasteiger partial charge in [0.1, 0.15) is 18.1 Å². The van der Waals surface area contributed by atoms with Gasteiger partial charge >= 0.3 is 0 Å². The summed E-state index contributed by atoms with van der Waals surface area (Å²) in [4.78, 5) is 27.3. The van der Waals surface area contributed by atoms with E-state index in [-0.39, 0.29) is 22.4 Å². The van der Waals surface area contributed by atoms with Crippen molar-refractivity contribution in [3.05, 3.63) is 78.8 Å². The molecule has 2 aromatic rings. The number of ether oxygens (including phenoxy) is 3. The molecule has 206 valence electrons. The second-order valence-electron chi connectivity index (χ2n) is 12.3. The summed E-state index contributed by atoms with van der Waals surface area (Å²) in [7, 11) is 0. The molecule has 0 radical (unpaired) electrons. The Bertz CT molecular complexity index is 1350. The molecule has 5 rings (SSSR count). The van der Waals surface area contributed by atoms with Crippen LogP contribution in [0, 0.1) is 14.4 Å². The van der Waals surface area contributed by atoms with E-state index in [2.05, 4.69) is 50.3 Å². The maximum atomic E-state index is 13.6. The zero-order valence-electron chi connectivity index (χ0n) is 23.1. The van der Waals surface area contributed by atoms with Crippen molar-refractivity contribution < 1.29 is 23.8 Å². The molecule has 0 spiro atoms. The molecular formula is C32H34ClIO5. The Labute approximate surface area is 249 Å². The van der Waals surface area contributed by atoms with E-state index in [9.17, 15) is 9.59 Å². The molecule has 0 aromatic heterocycles. The molecule has 0 unspecified atom stereocenters. The van der Waals surface area contributed by atoms with E-state index in [1.54, 1.807) is 0 Å². The summed E-state index contributed by atoms with van der Waals surface area (Å²) in [6.07, 6.45) is 2.17. The topological polar surface area (TPSA) is 61.8 Å². The SMILES string of the molecule is CCOc1cc(C2C3=C(CC(C)(C)CC3=O)OC3=C2C(=O)CC(C)(C)C3)cc(I)c1OCc1ccc(Cl)cc1. The summed E-state index contributed by atoms with van der Waals surface area (Å²) in [6.45, 7) is 11.1. The minimum Gasteiger partial charge on any atom is -0.490 e. The Balaban J connectivity index is 1.60. The van der Waals surface area contributed by atoms with E-state index >= 15 is 0 Å². The molecule has 3 aliphatic rings. The van der Waals surface area contributed by atoms with Gasteiger partial charge in [-0.25, -0.2) is 0 Å². The van der Waals surface area contributed by atoms with Gasteiger partial charge in [0.2, 0.25) is 0 Å². The van der Waals surface area contributed by atoms with Crippen molar-refractivity contribution in [1.29, 1.82) is 0 Å². The van der Waals surface area contributed by atoms with Gasteiger partial charge in [-0.3, -0.25) is 9.59 Å². The number of rotatable bonds is 6. The summed E-state index contributed by atoms with van der Waals surface area (Å²) in [5.41, 5.74) is 2.68. The van der Waals surface area contributed by atoms with Gasteiger partial charge in [0.25, 0.3) is 0 Å². The van der Waals surface area contributed by atoms with Crippen LogP contribution in [0.15, 0.2) is 59.1 Å². The van der Waals surface area contributed by atoms with Crippen LogP contribution in [0.2, 0.25) is 5.02 Å². The van der Waals surface area contributed by atoms with Crippen molar-refractivity contribution in [2.24, 2.45) is 10.8 Å². The van der Waals surface area contributed by atoms with Gasteiger partial charge in [-0.1, -0.05) is 51.4 Å². The summed E-state index contributed by atoms with van der Waals surface area (Å²) < 4.78 is 19.6. The lowest BCUT2D eigenvalue weighted by atomic mass is 9.65. The fourth-order valence-electron chi connectivity index (χ4n) is 5.90. The molecule has 0 amide bonds. The van der Waals surface area contributed by atoms with E-state index in [1.807, 2.05) is 43.3 Å². The Morgan fingerprint density at radius 1 is 0.897 bits per heavy atom. The third-order valence-corrected chi connectivity index (χ3v) is 8.60. The first-order valence-corrected chi connectivity index (χ1v) is 14.9. The van der Waals surface area contributed by atoms with Crippen LogP contribution in [0.4, 0.5) is 0 Å². The quantitative estimate of drug-likeness (QED) is 0.292. The molecule has 5 nitrogen and oxygen atoms in total. The Morgan fingerprint density at radius 2 is 1.46 bits per heavy atom. The zero-order valence-corrected chi connectivity index (χ0v) is 26.0. The second-order valence-corrected chi connectivity index (χ2v) is 13.9. The molecule has 2 aliphatic carbocycles. The van der Waals surface area contributed by atoms with Crippen LogP contribution in [-0.4, -0.2) is 18.2 Å². The van der Waals surface area contributed by atoms with Crippen molar-refractivity contribution >= 4 is 45.8 Å². The van der Waals surface area contributed by atoms with Crippen LogP contribution in [0.5, 0.6) is 11.5 Å². The molecule has 0 atom stereocenters. The van der Waals surface area contributed by atoms with Crippen LogP contribution >= 0.6 is 34.2 Å². The highest BCUT2D eigenvalue weighted by atomic mass is 127. The number of carbonyl (C=O) groups is 2. The molecule has 0 fully saturated rings. The third-order valence-electron chi connectivity index (χ3n) is 7.54. The summed E-state index contributed by atoms with van der Waals surface area (Å²) >= 11 is 8.29. The lowest BCUT2D eigenvalue weighted by molar-refractivity contribution is -0.120. The van der Waals surface area contributed by atoms with E-state index in [1.165, 1.54) is 0 Å². The number of Topliss-reactive ketones (excluding diaryl/α,β-unsaturated/α-hetero) is 2. The van der Waals surface area contributed by atoms with Crippen molar-refractivity contribution in [2.45, 2.75) is 72.8 Å². The molecular weight excluding hydrogens is 627 g/mol. The smallest absolute Gasteiger partial charge is 0.174 e. The van der Waals surface area contributed by atoms with Gasteiger partial charge in [-0.05, 0) is 75.7 Å². The summed E-state index contributed by atoms with van der Waals surface area (Å²) in [6, 6.07) is 11.5. The Hall–Kier alpha value is -2.32. The maximum absolute atomic E-state index is 13.6. The molecule has 1 aliphatic heterocycles. The minimum absolute atomic E-state index is 0.0477. The van der Waals surface area contributed by atoms with E-state index in [0.717, 1.165) is 14.7 Å². The van der Waals surface area contributed by atoms with E-state index in [0.29, 0.717) is 78.1 Å². The predicted molar refractivity (Wildman–Crippen MR) is 160 cm³/mol. The van der Waals surface area contributed by atoms with Gasteiger partial charge in [0, 0.05) is 47.8 Å². The number of ketones is 2. The molecule has 1 heterocycles. The van der Waals surface area contributed by atoms with Crippen LogP contribution in [-0.2, 0) is 20.9 Å². The molecule has 0 saturated carbocycles. The van der Waals surface area contributed by atoms with Crippen LogP contribution in [0.25, 0.3) is 0 Å². The normalized spacial score (nSPS) is 20.4. The van der Waals surface area contributed by atoms with Gasteiger partial charge < -0.3 is 14.2 Å². The number of benzene rings is 2. The summed E-state index contributed by atoms with van der Waals surface area (Å²) in [5.74, 6) is 2.27. The first-order valence-electron chi connectivity index (χ1n) is 13.4. The Kier molecular flexibility index (Phi) is 7.66. The molecule has 2 aromatic carbocycles. The van der Waals surface area contributed by atoms with Crippen molar-refractivity contribution in [2.75, 3.05) is 6.61 Å². The van der Waals surface area contributed by atoms with Crippen molar-refractivity contribution in [3.63, 3.8) is 0 Å². The second kappa shape index (κ2) is 10.6. The van der Waals surface area contributed by atoms with Gasteiger partial charge in [0.05, 0.1) is 10.2 Å². The van der Waals surface area contributed by atoms with Crippen LogP contribution in [0.1, 0.15) is 77.3 Å². The summed E-state index contributed by atoms with van der Waals surface area (Å²) in [5, 5.41) is 0.674. The number of allylic oxidation sites excluding steroid dienone is 4. The largest absolute Gasteiger partial charge is 0.490 e. The molecule has 0 saturated heterocycles. The molecule has 39 heavy (non-hydrogen) atoms. The van der Waals surface area contributed by atoms with E-state index < -0.39 is 5.92 Å². The fourth-order valence-corrected chi connectivity index (χ4v) is 6.81. The number of hydrogen-bond acceptors (Lipinski definition) is 5. The average molecular weight is 661 g/mol. The first kappa shape index (κ1) is 28.2. The lowest BCUT2D eigenvalue weighted by Crippen LogP contribution is -2.37. The highest BCUT2D eigenvalue weighted by Crippen LogP contribution is 2.54. The number of hydrogen-bond donors (Lipinski definition) is 0. The zero-order chi connectivity index (χ0) is 28.1. The predicted octanol–water partition coefficient (Wildman–Crippen LogP) is 8.32. The maximum Gasteiger partial charge on any atom is 0.174 e. The van der Waals surface area contributed by atoms with Gasteiger partial charge in [0.15, 0.2) is 23.1 Å². The third kappa shape index (κ3) is 5.78. The van der Waals surface area contributed by atoms with Crippen molar-refractivity contribution in [1.82, 2.24) is 0 Å². The highest BCUT2D eigenvalue weighted by molar-refractivity contribution is 14.1. The average Bonchev–Trinajstić information content (AvgIpc) is 2.81. The van der Waals surface area contributed by atoms with Crippen molar-refractivity contribution in [3.8, 4) is 11.5 Å². The van der Waals surface area contributed by atoms with E-state index in [4.69, 9.17) is 25.8 Å². The minimum atomic E-state index is -0.478. The molecule has 0 bridgehead atoms. The molecule has 0 N–H and O–H groups in total. The van der Waals surface area contributed by atoms with Gasteiger partial charge in [-0.15, -0.1) is 0 Å². The number of carbonyl (C=O) groups excluding carboxylic acids is 2. The number of halogens is 2. The standard InChI is InChI=1S/C32H34ClIO5/c1-6-37-24-12-19(11-21(34)30(24)38-17-18-7-9-20(33)10-8-18)27-28-22(35)13-31(2,3)15-25(28)39-26-16-32(4,5)14-23(36)29(26)27/h7-12,27H,6,13-17H2,1-5H3.